The van der Waals surface area contributed by atoms with E-state index in [9.17, 15) is 14.4 Å². The second-order valence-electron chi connectivity index (χ2n) is 6.70. The lowest BCUT2D eigenvalue weighted by atomic mass is 10.1. The van der Waals surface area contributed by atoms with Gasteiger partial charge in [-0.15, -0.1) is 0 Å². The molecule has 1 amide bonds. The maximum Gasteiger partial charge on any atom is 0.360 e. The largest absolute Gasteiger partial charge is 0.496 e. The molecule has 9 heteroatoms. The Balaban J connectivity index is 2.09. The molecule has 0 fully saturated rings. The number of hydrogen-bond acceptors (Lipinski definition) is 7. The van der Waals surface area contributed by atoms with Gasteiger partial charge in [0.05, 0.1) is 32.2 Å². The highest BCUT2D eigenvalue weighted by Crippen LogP contribution is 2.29. The zero-order valence-corrected chi connectivity index (χ0v) is 18.2. The normalized spacial score (nSPS) is 10.4. The SMILES string of the molecule is CCOC(=O)c1nn(-c2ccc(C)cc2)c(=O)cc1NC(=O)c1c(OC)cccc1OC. The first kappa shape index (κ1) is 22.5. The van der Waals surface area contributed by atoms with Gasteiger partial charge in [0, 0.05) is 6.07 Å². The highest BCUT2D eigenvalue weighted by atomic mass is 16.5. The average molecular weight is 437 g/mol. The summed E-state index contributed by atoms with van der Waals surface area (Å²) in [7, 11) is 2.83. The zero-order chi connectivity index (χ0) is 23.3. The number of hydrogen-bond donors (Lipinski definition) is 1. The van der Waals surface area contributed by atoms with Gasteiger partial charge in [0.1, 0.15) is 17.1 Å². The van der Waals surface area contributed by atoms with Crippen LogP contribution in [0.15, 0.2) is 53.3 Å². The molecule has 0 aliphatic rings. The molecular formula is C23H23N3O6. The number of nitrogens with one attached hydrogen (secondary N) is 1. The molecule has 166 valence electrons. The fraction of sp³-hybridized carbons (Fsp3) is 0.217. The molecular weight excluding hydrogens is 414 g/mol. The molecule has 2 aromatic carbocycles. The minimum atomic E-state index is -0.782. The van der Waals surface area contributed by atoms with Gasteiger partial charge < -0.3 is 19.5 Å². The predicted octanol–water partition coefficient (Wildman–Crippen LogP) is 2.99. The van der Waals surface area contributed by atoms with E-state index in [1.54, 1.807) is 37.3 Å². The van der Waals surface area contributed by atoms with Crippen molar-refractivity contribution in [2.45, 2.75) is 13.8 Å². The number of ether oxygens (including phenoxy) is 3. The van der Waals surface area contributed by atoms with Crippen molar-refractivity contribution < 1.29 is 23.8 Å². The van der Waals surface area contributed by atoms with Crippen LogP contribution >= 0.6 is 0 Å². The van der Waals surface area contributed by atoms with E-state index in [0.29, 0.717) is 5.69 Å². The van der Waals surface area contributed by atoms with E-state index < -0.39 is 17.4 Å². The number of rotatable bonds is 7. The van der Waals surface area contributed by atoms with Gasteiger partial charge in [0.15, 0.2) is 5.69 Å². The Hall–Kier alpha value is -4.14. The van der Waals surface area contributed by atoms with E-state index >= 15 is 0 Å². The topological polar surface area (TPSA) is 109 Å². The number of esters is 1. The van der Waals surface area contributed by atoms with Crippen LogP contribution in [-0.4, -0.2) is 42.5 Å². The van der Waals surface area contributed by atoms with Crippen LogP contribution in [0.3, 0.4) is 0 Å². The summed E-state index contributed by atoms with van der Waals surface area (Å²) in [6, 6.07) is 13.0. The third kappa shape index (κ3) is 4.61. The number of anilines is 1. The van der Waals surface area contributed by atoms with E-state index in [1.807, 2.05) is 19.1 Å². The molecule has 0 aliphatic carbocycles. The van der Waals surface area contributed by atoms with Crippen molar-refractivity contribution in [2.75, 3.05) is 26.1 Å². The third-order valence-electron chi connectivity index (χ3n) is 4.58. The Labute approximate surface area is 184 Å². The summed E-state index contributed by atoms with van der Waals surface area (Å²) >= 11 is 0. The van der Waals surface area contributed by atoms with Crippen molar-refractivity contribution in [1.29, 1.82) is 0 Å². The number of methoxy groups -OCH3 is 2. The van der Waals surface area contributed by atoms with Gasteiger partial charge in [0.25, 0.3) is 11.5 Å². The Bertz CT molecular complexity index is 1180. The molecule has 0 bridgehead atoms. The molecule has 0 atom stereocenters. The van der Waals surface area contributed by atoms with Gasteiger partial charge in [-0.1, -0.05) is 23.8 Å². The third-order valence-corrected chi connectivity index (χ3v) is 4.58. The van der Waals surface area contributed by atoms with Crippen molar-refractivity contribution in [3.05, 3.63) is 75.7 Å². The first-order chi connectivity index (χ1) is 15.4. The van der Waals surface area contributed by atoms with Gasteiger partial charge in [-0.3, -0.25) is 9.59 Å². The van der Waals surface area contributed by atoms with Crippen LogP contribution in [0.4, 0.5) is 5.69 Å². The Morgan fingerprint density at radius 3 is 2.22 bits per heavy atom. The van der Waals surface area contributed by atoms with Crippen LogP contribution in [0.1, 0.15) is 33.3 Å². The van der Waals surface area contributed by atoms with Crippen LogP contribution in [0.5, 0.6) is 11.5 Å². The van der Waals surface area contributed by atoms with Crippen molar-refractivity contribution in [3.8, 4) is 17.2 Å². The molecule has 0 unspecified atom stereocenters. The monoisotopic (exact) mass is 437 g/mol. The van der Waals surface area contributed by atoms with Crippen LogP contribution in [0, 0.1) is 6.92 Å². The number of aromatic nitrogens is 2. The first-order valence-corrected chi connectivity index (χ1v) is 9.80. The number of benzene rings is 2. The average Bonchev–Trinajstić information content (AvgIpc) is 2.79. The Morgan fingerprint density at radius 1 is 1.03 bits per heavy atom. The van der Waals surface area contributed by atoms with Gasteiger partial charge in [-0.25, -0.2) is 4.79 Å². The van der Waals surface area contributed by atoms with E-state index in [-0.39, 0.29) is 35.1 Å². The standard InChI is InChI=1S/C23H23N3O6/c1-5-32-23(29)21-16(13-19(27)26(25-21)15-11-9-14(2)10-12-15)24-22(28)20-17(30-3)7-6-8-18(20)31-4/h6-13H,5H2,1-4H3,(H,24,28). The zero-order valence-electron chi connectivity index (χ0n) is 18.2. The fourth-order valence-corrected chi connectivity index (χ4v) is 3.03. The van der Waals surface area contributed by atoms with Crippen molar-refractivity contribution in [1.82, 2.24) is 9.78 Å². The highest BCUT2D eigenvalue weighted by molar-refractivity contribution is 6.10. The summed E-state index contributed by atoms with van der Waals surface area (Å²) in [6.07, 6.45) is 0. The maximum absolute atomic E-state index is 13.1. The fourth-order valence-electron chi connectivity index (χ4n) is 3.03. The number of amides is 1. The molecule has 9 nitrogen and oxygen atoms in total. The molecule has 0 spiro atoms. The Morgan fingerprint density at radius 2 is 1.66 bits per heavy atom. The molecule has 0 saturated heterocycles. The van der Waals surface area contributed by atoms with Gasteiger partial charge >= 0.3 is 5.97 Å². The summed E-state index contributed by atoms with van der Waals surface area (Å²) < 4.78 is 16.7. The summed E-state index contributed by atoms with van der Waals surface area (Å²) in [4.78, 5) is 38.4. The van der Waals surface area contributed by atoms with Crippen LogP contribution in [-0.2, 0) is 4.74 Å². The van der Waals surface area contributed by atoms with Crippen LogP contribution in [0.2, 0.25) is 0 Å². The number of carbonyl (C=O) groups is 2. The first-order valence-electron chi connectivity index (χ1n) is 9.80. The van der Waals surface area contributed by atoms with E-state index in [0.717, 1.165) is 16.3 Å². The summed E-state index contributed by atoms with van der Waals surface area (Å²) in [6.45, 7) is 3.65. The molecule has 32 heavy (non-hydrogen) atoms. The summed E-state index contributed by atoms with van der Waals surface area (Å²) in [5.74, 6) is -0.893. The summed E-state index contributed by atoms with van der Waals surface area (Å²) in [5.41, 5.74) is 0.737. The Kier molecular flexibility index (Phi) is 6.89. The lowest BCUT2D eigenvalue weighted by molar-refractivity contribution is 0.0518. The molecule has 3 rings (SSSR count). The quantitative estimate of drug-likeness (QED) is 0.566. The van der Waals surface area contributed by atoms with E-state index in [2.05, 4.69) is 10.4 Å². The molecule has 0 aliphatic heterocycles. The molecule has 3 aromatic rings. The number of aryl methyl sites for hydroxylation is 1. The molecule has 0 radical (unpaired) electrons. The highest BCUT2D eigenvalue weighted by Gasteiger charge is 2.24. The minimum absolute atomic E-state index is 0.0882. The van der Waals surface area contributed by atoms with Gasteiger partial charge in [0.2, 0.25) is 0 Å². The van der Waals surface area contributed by atoms with Crippen LogP contribution in [0.25, 0.3) is 5.69 Å². The minimum Gasteiger partial charge on any atom is -0.496 e. The number of nitrogens with zero attached hydrogens (tertiary/aromatic N) is 2. The van der Waals surface area contributed by atoms with Crippen molar-refractivity contribution in [3.63, 3.8) is 0 Å². The lowest BCUT2D eigenvalue weighted by Gasteiger charge is -2.15. The van der Waals surface area contributed by atoms with Crippen molar-refractivity contribution in [2.24, 2.45) is 0 Å². The van der Waals surface area contributed by atoms with E-state index in [4.69, 9.17) is 14.2 Å². The second-order valence-corrected chi connectivity index (χ2v) is 6.70. The van der Waals surface area contributed by atoms with Crippen molar-refractivity contribution >= 4 is 17.6 Å². The smallest absolute Gasteiger partial charge is 0.360 e. The second kappa shape index (κ2) is 9.78. The lowest BCUT2D eigenvalue weighted by Crippen LogP contribution is -2.27. The van der Waals surface area contributed by atoms with Crippen LogP contribution < -0.4 is 20.3 Å². The van der Waals surface area contributed by atoms with Gasteiger partial charge in [-0.2, -0.15) is 9.78 Å². The summed E-state index contributed by atoms with van der Waals surface area (Å²) in [5, 5.41) is 6.74. The molecule has 1 aromatic heterocycles. The predicted molar refractivity (Wildman–Crippen MR) is 118 cm³/mol. The number of carbonyl (C=O) groups excluding carboxylic acids is 2. The molecule has 1 heterocycles. The molecule has 1 N–H and O–H groups in total. The van der Waals surface area contributed by atoms with E-state index in [1.165, 1.54) is 14.2 Å². The maximum atomic E-state index is 13.1. The van der Waals surface area contributed by atoms with Gasteiger partial charge in [-0.05, 0) is 38.1 Å². The molecule has 0 saturated carbocycles.